The number of anilines is 2. The highest BCUT2D eigenvalue weighted by Gasteiger charge is 2.14. The van der Waals surface area contributed by atoms with Crippen molar-refractivity contribution in [1.29, 1.82) is 0 Å². The predicted molar refractivity (Wildman–Crippen MR) is 58.6 cm³/mol. The smallest absolute Gasteiger partial charge is 0.177 e. The van der Waals surface area contributed by atoms with E-state index in [1.807, 2.05) is 6.07 Å². The summed E-state index contributed by atoms with van der Waals surface area (Å²) in [5, 5.41) is 5.81. The Balaban J connectivity index is 3.45. The Morgan fingerprint density at radius 3 is 2.21 bits per heavy atom. The van der Waals surface area contributed by atoms with Crippen LogP contribution in [0.4, 0.5) is 11.4 Å². The largest absolute Gasteiger partial charge is 0.386 e. The van der Waals surface area contributed by atoms with Gasteiger partial charge >= 0.3 is 0 Å². The predicted octanol–water partition coefficient (Wildman–Crippen LogP) is 1.17. The van der Waals surface area contributed by atoms with E-state index in [0.29, 0.717) is 10.6 Å². The number of hydrogen-bond donors (Lipinski definition) is 2. The average Bonchev–Trinajstić information content (AvgIpc) is 2.15. The normalized spacial score (nSPS) is 11.1. The summed E-state index contributed by atoms with van der Waals surface area (Å²) >= 11 is 0. The van der Waals surface area contributed by atoms with Crippen LogP contribution in [0.15, 0.2) is 23.1 Å². The maximum atomic E-state index is 11.4. The van der Waals surface area contributed by atoms with Gasteiger partial charge in [-0.05, 0) is 12.1 Å². The molecule has 0 bridgehead atoms. The zero-order valence-electron chi connectivity index (χ0n) is 8.46. The molecule has 78 valence electrons. The van der Waals surface area contributed by atoms with Gasteiger partial charge in [0.1, 0.15) is 0 Å². The zero-order valence-corrected chi connectivity index (χ0v) is 9.27. The van der Waals surface area contributed by atoms with Crippen molar-refractivity contribution in [2.24, 2.45) is 0 Å². The van der Waals surface area contributed by atoms with E-state index in [-0.39, 0.29) is 0 Å². The van der Waals surface area contributed by atoms with Gasteiger partial charge in [0.15, 0.2) is 9.84 Å². The summed E-state index contributed by atoms with van der Waals surface area (Å²) in [5.74, 6) is 0. The Morgan fingerprint density at radius 2 is 1.79 bits per heavy atom. The molecule has 1 aromatic rings. The van der Waals surface area contributed by atoms with Crippen LogP contribution in [0, 0.1) is 0 Å². The van der Waals surface area contributed by atoms with Gasteiger partial charge < -0.3 is 10.6 Å². The molecule has 5 heteroatoms. The molecular formula is C9H14N2O2S. The minimum atomic E-state index is -3.18. The fourth-order valence-corrected chi connectivity index (χ4v) is 2.21. The Labute approximate surface area is 84.3 Å². The van der Waals surface area contributed by atoms with Crippen molar-refractivity contribution >= 4 is 21.2 Å². The molecule has 0 radical (unpaired) electrons. The Bertz CT molecular complexity index is 426. The average molecular weight is 214 g/mol. The summed E-state index contributed by atoms with van der Waals surface area (Å²) < 4.78 is 22.8. The molecular weight excluding hydrogens is 200 g/mol. The molecule has 0 atom stereocenters. The molecule has 0 heterocycles. The van der Waals surface area contributed by atoms with E-state index in [1.54, 1.807) is 26.2 Å². The molecule has 0 spiro atoms. The summed E-state index contributed by atoms with van der Waals surface area (Å²) in [6.07, 6.45) is 1.20. The number of rotatable bonds is 3. The van der Waals surface area contributed by atoms with Crippen LogP contribution in [-0.4, -0.2) is 28.8 Å². The second-order valence-electron chi connectivity index (χ2n) is 2.95. The third-order valence-corrected chi connectivity index (χ3v) is 3.08. The Hall–Kier alpha value is -1.23. The van der Waals surface area contributed by atoms with E-state index in [4.69, 9.17) is 0 Å². The Morgan fingerprint density at radius 1 is 1.14 bits per heavy atom. The molecule has 0 aromatic heterocycles. The number of sulfone groups is 1. The minimum absolute atomic E-state index is 0.312. The van der Waals surface area contributed by atoms with Gasteiger partial charge in [0.05, 0.1) is 16.3 Å². The number of benzene rings is 1. The second-order valence-corrected chi connectivity index (χ2v) is 4.94. The first-order valence-corrected chi connectivity index (χ1v) is 6.08. The van der Waals surface area contributed by atoms with Crippen molar-refractivity contribution in [2.75, 3.05) is 31.0 Å². The topological polar surface area (TPSA) is 58.2 Å². The SMILES string of the molecule is CNc1cccc(S(C)(=O)=O)c1NC. The van der Waals surface area contributed by atoms with E-state index < -0.39 is 9.84 Å². The molecule has 0 aliphatic heterocycles. The molecule has 14 heavy (non-hydrogen) atoms. The van der Waals surface area contributed by atoms with Crippen molar-refractivity contribution < 1.29 is 8.42 Å². The second kappa shape index (κ2) is 3.88. The number of nitrogens with one attached hydrogen (secondary N) is 2. The van der Waals surface area contributed by atoms with Crippen LogP contribution in [0.5, 0.6) is 0 Å². The molecule has 0 amide bonds. The first-order valence-electron chi connectivity index (χ1n) is 4.19. The maximum Gasteiger partial charge on any atom is 0.177 e. The molecule has 1 aromatic carbocycles. The zero-order chi connectivity index (χ0) is 10.8. The molecule has 0 fully saturated rings. The first kappa shape index (κ1) is 10.8. The van der Waals surface area contributed by atoms with Gasteiger partial charge in [-0.25, -0.2) is 8.42 Å². The van der Waals surface area contributed by atoms with Crippen LogP contribution in [-0.2, 0) is 9.84 Å². The van der Waals surface area contributed by atoms with Crippen molar-refractivity contribution in [3.8, 4) is 0 Å². The van der Waals surface area contributed by atoms with Crippen molar-refractivity contribution in [3.63, 3.8) is 0 Å². The van der Waals surface area contributed by atoms with Gasteiger partial charge in [-0.2, -0.15) is 0 Å². The highest BCUT2D eigenvalue weighted by molar-refractivity contribution is 7.90. The molecule has 4 nitrogen and oxygen atoms in total. The quantitative estimate of drug-likeness (QED) is 0.793. The summed E-state index contributed by atoms with van der Waals surface area (Å²) in [7, 11) is 0.271. The Kier molecular flexibility index (Phi) is 3.00. The summed E-state index contributed by atoms with van der Waals surface area (Å²) in [5.41, 5.74) is 1.38. The van der Waals surface area contributed by atoms with Crippen molar-refractivity contribution in [3.05, 3.63) is 18.2 Å². The van der Waals surface area contributed by atoms with E-state index >= 15 is 0 Å². The lowest BCUT2D eigenvalue weighted by Crippen LogP contribution is -2.05. The molecule has 0 saturated carbocycles. The van der Waals surface area contributed by atoms with E-state index in [2.05, 4.69) is 10.6 Å². The summed E-state index contributed by atoms with van der Waals surface area (Å²) in [6.45, 7) is 0. The fraction of sp³-hybridized carbons (Fsp3) is 0.333. The van der Waals surface area contributed by atoms with Crippen LogP contribution in [0.25, 0.3) is 0 Å². The van der Waals surface area contributed by atoms with Crippen molar-refractivity contribution in [1.82, 2.24) is 0 Å². The maximum absolute atomic E-state index is 11.4. The highest BCUT2D eigenvalue weighted by atomic mass is 32.2. The molecule has 0 aliphatic carbocycles. The van der Waals surface area contributed by atoms with E-state index in [9.17, 15) is 8.42 Å². The van der Waals surface area contributed by atoms with Gasteiger partial charge in [-0.1, -0.05) is 6.07 Å². The number of hydrogen-bond acceptors (Lipinski definition) is 4. The standard InChI is InChI=1S/C9H14N2O2S/c1-10-7-5-4-6-8(9(7)11-2)14(3,12)13/h4-6,10-11H,1-3H3. The van der Waals surface area contributed by atoms with Gasteiger partial charge in [0, 0.05) is 20.4 Å². The number of para-hydroxylation sites is 1. The molecule has 2 N–H and O–H groups in total. The monoisotopic (exact) mass is 214 g/mol. The molecule has 0 aliphatic rings. The van der Waals surface area contributed by atoms with E-state index in [0.717, 1.165) is 5.69 Å². The van der Waals surface area contributed by atoms with Gasteiger partial charge in [0.25, 0.3) is 0 Å². The third kappa shape index (κ3) is 1.98. The molecule has 1 rings (SSSR count). The van der Waals surface area contributed by atoms with Crippen molar-refractivity contribution in [2.45, 2.75) is 4.90 Å². The molecule has 0 saturated heterocycles. The van der Waals surface area contributed by atoms with Gasteiger partial charge in [0.2, 0.25) is 0 Å². The van der Waals surface area contributed by atoms with Gasteiger partial charge in [-0.15, -0.1) is 0 Å². The summed E-state index contributed by atoms with van der Waals surface area (Å²) in [4.78, 5) is 0.312. The van der Waals surface area contributed by atoms with Crippen LogP contribution < -0.4 is 10.6 Å². The highest BCUT2D eigenvalue weighted by Crippen LogP contribution is 2.28. The van der Waals surface area contributed by atoms with Crippen LogP contribution >= 0.6 is 0 Å². The van der Waals surface area contributed by atoms with Crippen LogP contribution in [0.1, 0.15) is 0 Å². The lowest BCUT2D eigenvalue weighted by Gasteiger charge is -2.12. The van der Waals surface area contributed by atoms with Gasteiger partial charge in [-0.3, -0.25) is 0 Å². The first-order chi connectivity index (χ1) is 6.50. The van der Waals surface area contributed by atoms with Crippen LogP contribution in [0.3, 0.4) is 0 Å². The minimum Gasteiger partial charge on any atom is -0.386 e. The fourth-order valence-electron chi connectivity index (χ4n) is 1.31. The van der Waals surface area contributed by atoms with Crippen LogP contribution in [0.2, 0.25) is 0 Å². The third-order valence-electron chi connectivity index (χ3n) is 1.95. The summed E-state index contributed by atoms with van der Waals surface area (Å²) in [6, 6.07) is 5.12. The lowest BCUT2D eigenvalue weighted by molar-refractivity contribution is 0.602. The van der Waals surface area contributed by atoms with E-state index in [1.165, 1.54) is 6.26 Å². The lowest BCUT2D eigenvalue weighted by atomic mass is 10.2. The molecule has 0 unspecified atom stereocenters.